The van der Waals surface area contributed by atoms with Gasteiger partial charge in [0.05, 0.1) is 23.8 Å². The largest absolute Gasteiger partial charge is 0.417 e. The number of nitrogens with zero attached hydrogens (tertiary/aromatic N) is 3. The molecule has 0 aromatic heterocycles. The molecule has 2 aliphatic rings. The first-order valence-corrected chi connectivity index (χ1v) is 11.2. The average molecular weight is 486 g/mol. The fourth-order valence-corrected chi connectivity index (χ4v) is 5.10. The van der Waals surface area contributed by atoms with Gasteiger partial charge in [-0.3, -0.25) is 9.59 Å². The molecule has 2 saturated heterocycles. The van der Waals surface area contributed by atoms with Gasteiger partial charge < -0.3 is 20.2 Å². The highest BCUT2D eigenvalue weighted by Crippen LogP contribution is 2.45. The Balaban J connectivity index is 1.55. The van der Waals surface area contributed by atoms with Crippen LogP contribution in [0.3, 0.4) is 0 Å². The number of amides is 2. The first-order chi connectivity index (χ1) is 16.6. The van der Waals surface area contributed by atoms with Crippen LogP contribution in [-0.4, -0.2) is 54.6 Å². The van der Waals surface area contributed by atoms with E-state index in [0.29, 0.717) is 49.5 Å². The third-order valence-electron chi connectivity index (χ3n) is 6.96. The summed E-state index contributed by atoms with van der Waals surface area (Å²) in [6.45, 7) is 2.72. The second-order valence-electron chi connectivity index (χ2n) is 9.20. The number of rotatable bonds is 4. The van der Waals surface area contributed by atoms with E-state index < -0.39 is 22.7 Å². The predicted octanol–water partition coefficient (Wildman–Crippen LogP) is 3.50. The fraction of sp³-hybridized carbons (Fsp3) is 0.400. The van der Waals surface area contributed by atoms with Crippen LogP contribution in [0.15, 0.2) is 42.5 Å². The molecule has 2 amide bonds. The molecule has 35 heavy (non-hydrogen) atoms. The Kier molecular flexibility index (Phi) is 6.47. The van der Waals surface area contributed by atoms with Crippen LogP contribution in [-0.2, 0) is 11.0 Å². The molecule has 2 aromatic rings. The van der Waals surface area contributed by atoms with Crippen LogP contribution in [0.2, 0.25) is 0 Å². The number of aliphatic hydroxyl groups is 1. The number of aliphatic hydroxyl groups excluding tert-OH is 1. The van der Waals surface area contributed by atoms with Crippen molar-refractivity contribution in [3.05, 3.63) is 59.2 Å². The Hall–Kier alpha value is -3.58. The van der Waals surface area contributed by atoms with Crippen molar-refractivity contribution < 1.29 is 27.9 Å². The quantitative estimate of drug-likeness (QED) is 0.690. The third kappa shape index (κ3) is 4.82. The number of carbonyl (C=O) groups excluding carboxylic acids is 2. The molecule has 2 aromatic carbocycles. The number of nitrogens with one attached hydrogen (secondary N) is 1. The smallest absolute Gasteiger partial charge is 0.396 e. The standard InChI is InChI=1S/C25H25F3N4O3/c1-16(34)30-20-4-2-3-17(9-20)23(35)31-8-7-24(15-33)14-32(13-19(24)12-31)21-6-5-18(11-29)22(10-21)25(26,27)28/h2-6,9-10,19,33H,7-8,12-15H2,1H3,(H,30,34)/t19-,24+/m1/s1. The SMILES string of the molecule is CC(=O)Nc1cccc(C(=O)N2CC[C@@]3(CO)CN(c4ccc(C#N)c(C(F)(F)F)c4)C[C@H]3C2)c1. The van der Waals surface area contributed by atoms with E-state index in [0.717, 1.165) is 6.07 Å². The number of hydrogen-bond donors (Lipinski definition) is 2. The number of benzene rings is 2. The highest BCUT2D eigenvalue weighted by molar-refractivity contribution is 5.97. The monoisotopic (exact) mass is 486 g/mol. The minimum Gasteiger partial charge on any atom is -0.396 e. The van der Waals surface area contributed by atoms with Crippen LogP contribution in [0, 0.1) is 22.7 Å². The number of halogens is 3. The molecular formula is C25H25F3N4O3. The van der Waals surface area contributed by atoms with Crippen LogP contribution < -0.4 is 10.2 Å². The van der Waals surface area contributed by atoms with Crippen LogP contribution in [0.5, 0.6) is 0 Å². The zero-order chi connectivity index (χ0) is 25.4. The van der Waals surface area contributed by atoms with Crippen LogP contribution in [0.4, 0.5) is 24.5 Å². The highest BCUT2D eigenvalue weighted by Gasteiger charge is 2.50. The molecule has 2 heterocycles. The Labute approximate surface area is 200 Å². The topological polar surface area (TPSA) is 96.7 Å². The lowest BCUT2D eigenvalue weighted by atomic mass is 9.73. The minimum absolute atomic E-state index is 0.142. The van der Waals surface area contributed by atoms with Crippen molar-refractivity contribution in [3.8, 4) is 6.07 Å². The molecule has 7 nitrogen and oxygen atoms in total. The van der Waals surface area contributed by atoms with Crippen LogP contribution in [0.1, 0.15) is 34.8 Å². The first kappa shape index (κ1) is 24.5. The number of nitriles is 1. The lowest BCUT2D eigenvalue weighted by molar-refractivity contribution is -0.137. The number of anilines is 2. The Morgan fingerprint density at radius 2 is 2.00 bits per heavy atom. The molecule has 2 fully saturated rings. The van der Waals surface area contributed by atoms with Crippen LogP contribution in [0.25, 0.3) is 0 Å². The van der Waals surface area contributed by atoms with E-state index in [1.54, 1.807) is 40.1 Å². The van der Waals surface area contributed by atoms with Gasteiger partial charge in [-0.15, -0.1) is 0 Å². The van der Waals surface area contributed by atoms with Crippen molar-refractivity contribution >= 4 is 23.2 Å². The van der Waals surface area contributed by atoms with Gasteiger partial charge in [-0.05, 0) is 42.8 Å². The molecular weight excluding hydrogens is 461 g/mol. The van der Waals surface area contributed by atoms with Crippen molar-refractivity contribution in [2.75, 3.05) is 43.0 Å². The maximum atomic E-state index is 13.5. The number of hydrogen-bond acceptors (Lipinski definition) is 5. The average Bonchev–Trinajstić information content (AvgIpc) is 3.21. The summed E-state index contributed by atoms with van der Waals surface area (Å²) in [5, 5.41) is 22.0. The molecule has 2 atom stereocenters. The molecule has 0 unspecified atom stereocenters. The van der Waals surface area contributed by atoms with Gasteiger partial charge in [0.15, 0.2) is 0 Å². The van der Waals surface area contributed by atoms with Gasteiger partial charge in [0.2, 0.25) is 5.91 Å². The molecule has 4 rings (SSSR count). The normalized spacial score (nSPS) is 21.9. The predicted molar refractivity (Wildman–Crippen MR) is 123 cm³/mol. The molecule has 184 valence electrons. The summed E-state index contributed by atoms with van der Waals surface area (Å²) in [5.41, 5.74) is -0.696. The minimum atomic E-state index is -4.66. The molecule has 2 N–H and O–H groups in total. The molecule has 0 aliphatic carbocycles. The van der Waals surface area contributed by atoms with E-state index in [-0.39, 0.29) is 24.3 Å². The third-order valence-corrected chi connectivity index (χ3v) is 6.96. The zero-order valence-corrected chi connectivity index (χ0v) is 19.1. The summed E-state index contributed by atoms with van der Waals surface area (Å²) in [4.78, 5) is 28.0. The number of alkyl halides is 3. The van der Waals surface area contributed by atoms with E-state index >= 15 is 0 Å². The summed E-state index contributed by atoms with van der Waals surface area (Å²) >= 11 is 0. The lowest BCUT2D eigenvalue weighted by Gasteiger charge is -2.42. The number of carbonyl (C=O) groups is 2. The van der Waals surface area contributed by atoms with Crippen molar-refractivity contribution in [2.24, 2.45) is 11.3 Å². The number of fused-ring (bicyclic) bond motifs is 1. The Morgan fingerprint density at radius 3 is 2.66 bits per heavy atom. The van der Waals surface area contributed by atoms with Gasteiger partial charge >= 0.3 is 6.18 Å². The summed E-state index contributed by atoms with van der Waals surface area (Å²) in [7, 11) is 0. The van der Waals surface area contributed by atoms with Gasteiger partial charge in [-0.1, -0.05) is 6.07 Å². The molecule has 2 aliphatic heterocycles. The van der Waals surface area contributed by atoms with E-state index in [4.69, 9.17) is 5.26 Å². The lowest BCUT2D eigenvalue weighted by Crippen LogP contribution is -2.50. The molecule has 10 heteroatoms. The van der Waals surface area contributed by atoms with E-state index in [9.17, 15) is 27.9 Å². The summed E-state index contributed by atoms with van der Waals surface area (Å²) in [6, 6.07) is 11.9. The molecule has 0 bridgehead atoms. The van der Waals surface area contributed by atoms with Crippen molar-refractivity contribution in [2.45, 2.75) is 19.5 Å². The molecule has 0 saturated carbocycles. The number of piperidine rings is 1. The van der Waals surface area contributed by atoms with Gasteiger partial charge in [0.1, 0.15) is 0 Å². The Morgan fingerprint density at radius 1 is 1.23 bits per heavy atom. The van der Waals surface area contributed by atoms with Crippen molar-refractivity contribution in [3.63, 3.8) is 0 Å². The van der Waals surface area contributed by atoms with Gasteiger partial charge in [0, 0.05) is 61.4 Å². The maximum absolute atomic E-state index is 13.5. The first-order valence-electron chi connectivity index (χ1n) is 11.2. The zero-order valence-electron chi connectivity index (χ0n) is 19.1. The van der Waals surface area contributed by atoms with Crippen LogP contribution >= 0.6 is 0 Å². The fourth-order valence-electron chi connectivity index (χ4n) is 5.10. The summed E-state index contributed by atoms with van der Waals surface area (Å²) < 4.78 is 40.4. The highest BCUT2D eigenvalue weighted by atomic mass is 19.4. The molecule has 0 spiro atoms. The van der Waals surface area contributed by atoms with E-state index in [2.05, 4.69) is 5.32 Å². The Bertz CT molecular complexity index is 1190. The summed E-state index contributed by atoms with van der Waals surface area (Å²) in [6.07, 6.45) is -4.15. The van der Waals surface area contributed by atoms with Gasteiger partial charge in [0.25, 0.3) is 5.91 Å². The maximum Gasteiger partial charge on any atom is 0.417 e. The number of likely N-dealkylation sites (tertiary alicyclic amines) is 1. The van der Waals surface area contributed by atoms with Crippen molar-refractivity contribution in [1.82, 2.24) is 4.90 Å². The van der Waals surface area contributed by atoms with Gasteiger partial charge in [-0.25, -0.2) is 0 Å². The van der Waals surface area contributed by atoms with E-state index in [1.807, 2.05) is 0 Å². The second-order valence-corrected chi connectivity index (χ2v) is 9.20. The van der Waals surface area contributed by atoms with E-state index in [1.165, 1.54) is 19.1 Å². The molecule has 0 radical (unpaired) electrons. The van der Waals surface area contributed by atoms with Crippen molar-refractivity contribution in [1.29, 1.82) is 5.26 Å². The summed E-state index contributed by atoms with van der Waals surface area (Å²) in [5.74, 6) is -0.600. The van der Waals surface area contributed by atoms with Gasteiger partial charge in [-0.2, -0.15) is 18.4 Å². The second kappa shape index (κ2) is 9.23.